The van der Waals surface area contributed by atoms with E-state index < -0.39 is 0 Å². The normalized spacial score (nSPS) is 18.4. The highest BCUT2D eigenvalue weighted by molar-refractivity contribution is 5.95. The quantitative estimate of drug-likeness (QED) is 0.837. The minimum Gasteiger partial charge on any atom is -0.493 e. The maximum atomic E-state index is 12.9. The van der Waals surface area contributed by atoms with Gasteiger partial charge in [0.25, 0.3) is 5.91 Å². The van der Waals surface area contributed by atoms with Crippen molar-refractivity contribution in [1.82, 2.24) is 9.80 Å². The molecule has 1 aliphatic heterocycles. The van der Waals surface area contributed by atoms with Crippen LogP contribution in [-0.4, -0.2) is 63.2 Å². The molecule has 122 valence electrons. The Hall–Kier alpha value is -1.75. The van der Waals surface area contributed by atoms with Gasteiger partial charge in [-0.15, -0.1) is 0 Å². The van der Waals surface area contributed by atoms with Gasteiger partial charge in [-0.1, -0.05) is 0 Å². The summed E-state index contributed by atoms with van der Waals surface area (Å²) >= 11 is 0. The zero-order valence-electron chi connectivity index (χ0n) is 14.0. The summed E-state index contributed by atoms with van der Waals surface area (Å²) in [6, 6.07) is 5.65. The predicted molar refractivity (Wildman–Crippen MR) is 86.8 cm³/mol. The first kappa shape index (κ1) is 16.6. The van der Waals surface area contributed by atoms with Crippen molar-refractivity contribution in [2.45, 2.75) is 25.3 Å². The molecule has 1 aromatic carbocycles. The molecular weight excluding hydrogens is 280 g/mol. The summed E-state index contributed by atoms with van der Waals surface area (Å²) in [4.78, 5) is 17.0. The van der Waals surface area contributed by atoms with Crippen LogP contribution >= 0.6 is 0 Å². The van der Waals surface area contributed by atoms with Gasteiger partial charge in [-0.05, 0) is 51.6 Å². The Bertz CT molecular complexity index is 517. The van der Waals surface area contributed by atoms with Crippen LogP contribution in [0, 0.1) is 0 Å². The highest BCUT2D eigenvalue weighted by atomic mass is 16.5. The van der Waals surface area contributed by atoms with Gasteiger partial charge in [0.15, 0.2) is 11.5 Å². The second-order valence-corrected chi connectivity index (χ2v) is 5.98. The summed E-state index contributed by atoms with van der Waals surface area (Å²) in [5.41, 5.74) is 0.656. The molecule has 0 aliphatic carbocycles. The molecule has 1 amide bonds. The molecule has 1 heterocycles. The van der Waals surface area contributed by atoms with Gasteiger partial charge in [-0.3, -0.25) is 4.79 Å². The minimum absolute atomic E-state index is 0.0764. The molecule has 5 nitrogen and oxygen atoms in total. The zero-order chi connectivity index (χ0) is 16.1. The van der Waals surface area contributed by atoms with E-state index in [1.165, 1.54) is 6.42 Å². The van der Waals surface area contributed by atoms with Gasteiger partial charge >= 0.3 is 0 Å². The van der Waals surface area contributed by atoms with Gasteiger partial charge < -0.3 is 19.3 Å². The van der Waals surface area contributed by atoms with Crippen LogP contribution in [-0.2, 0) is 0 Å². The van der Waals surface area contributed by atoms with Crippen molar-refractivity contribution in [1.29, 1.82) is 0 Å². The Labute approximate surface area is 132 Å². The third-order valence-electron chi connectivity index (χ3n) is 4.09. The molecule has 5 heteroatoms. The number of hydrogen-bond acceptors (Lipinski definition) is 4. The number of nitrogens with zero attached hydrogens (tertiary/aromatic N) is 2. The van der Waals surface area contributed by atoms with Crippen molar-refractivity contribution in [3.8, 4) is 11.5 Å². The molecule has 22 heavy (non-hydrogen) atoms. The smallest absolute Gasteiger partial charge is 0.254 e. The van der Waals surface area contributed by atoms with Gasteiger partial charge in [0.05, 0.1) is 14.2 Å². The second kappa shape index (κ2) is 7.49. The lowest BCUT2D eigenvalue weighted by atomic mass is 10.00. The lowest BCUT2D eigenvalue weighted by Gasteiger charge is -2.37. The summed E-state index contributed by atoms with van der Waals surface area (Å²) in [5, 5.41) is 0. The summed E-state index contributed by atoms with van der Waals surface area (Å²) in [7, 11) is 7.28. The van der Waals surface area contributed by atoms with E-state index in [1.54, 1.807) is 26.4 Å². The lowest BCUT2D eigenvalue weighted by molar-refractivity contribution is 0.0574. The first-order valence-electron chi connectivity index (χ1n) is 7.74. The van der Waals surface area contributed by atoms with Crippen LogP contribution in [0.15, 0.2) is 18.2 Å². The summed E-state index contributed by atoms with van der Waals surface area (Å²) in [6.45, 7) is 1.73. The average molecular weight is 306 g/mol. The van der Waals surface area contributed by atoms with Gasteiger partial charge in [0.1, 0.15) is 0 Å². The van der Waals surface area contributed by atoms with Crippen molar-refractivity contribution in [3.05, 3.63) is 23.8 Å². The molecule has 1 aliphatic rings. The third kappa shape index (κ3) is 3.71. The third-order valence-corrected chi connectivity index (χ3v) is 4.09. The Morgan fingerprint density at radius 1 is 1.23 bits per heavy atom. The molecule has 0 N–H and O–H groups in total. The number of likely N-dealkylation sites (N-methyl/N-ethyl adjacent to an activating group) is 1. The predicted octanol–water partition coefficient (Wildman–Crippen LogP) is 2.26. The molecule has 0 aromatic heterocycles. The molecule has 2 rings (SSSR count). The number of hydrogen-bond donors (Lipinski definition) is 0. The first-order chi connectivity index (χ1) is 10.6. The number of benzene rings is 1. The monoisotopic (exact) mass is 306 g/mol. The molecule has 1 fully saturated rings. The van der Waals surface area contributed by atoms with Crippen LogP contribution in [0.3, 0.4) is 0 Å². The fraction of sp³-hybridized carbons (Fsp3) is 0.588. The molecule has 0 saturated carbocycles. The fourth-order valence-electron chi connectivity index (χ4n) is 3.01. The number of rotatable bonds is 5. The molecule has 0 bridgehead atoms. The summed E-state index contributed by atoms with van der Waals surface area (Å²) in [6.07, 6.45) is 3.33. The van der Waals surface area contributed by atoms with E-state index in [1.807, 2.05) is 25.1 Å². The number of carbonyl (C=O) groups is 1. The van der Waals surface area contributed by atoms with Crippen molar-refractivity contribution < 1.29 is 14.3 Å². The topological polar surface area (TPSA) is 42.0 Å². The molecular formula is C17H26N2O3. The van der Waals surface area contributed by atoms with Crippen LogP contribution in [0.25, 0.3) is 0 Å². The van der Waals surface area contributed by atoms with Gasteiger partial charge in [-0.2, -0.15) is 0 Å². The van der Waals surface area contributed by atoms with Crippen LogP contribution in [0.1, 0.15) is 29.6 Å². The zero-order valence-corrected chi connectivity index (χ0v) is 14.0. The molecule has 1 saturated heterocycles. The fourth-order valence-corrected chi connectivity index (χ4v) is 3.01. The number of carbonyl (C=O) groups excluding carboxylic acids is 1. The molecule has 1 aromatic rings. The number of ether oxygens (including phenoxy) is 2. The van der Waals surface area contributed by atoms with E-state index in [0.29, 0.717) is 17.1 Å². The van der Waals surface area contributed by atoms with Crippen molar-refractivity contribution in [2.75, 3.05) is 41.4 Å². The van der Waals surface area contributed by atoms with Gasteiger partial charge in [-0.25, -0.2) is 0 Å². The Balaban J connectivity index is 2.21. The van der Waals surface area contributed by atoms with Crippen molar-refractivity contribution >= 4 is 5.91 Å². The standard InChI is InChI=1S/C17H26N2O3/c1-18(2)12-14-7-5-6-10-19(14)17(20)13-8-9-15(21-3)16(11-13)22-4/h8-9,11,14H,5-7,10,12H2,1-4H3/t14-/m1/s1. The number of amides is 1. The highest BCUT2D eigenvalue weighted by Gasteiger charge is 2.28. The van der Waals surface area contributed by atoms with E-state index in [-0.39, 0.29) is 11.9 Å². The van der Waals surface area contributed by atoms with E-state index in [4.69, 9.17) is 9.47 Å². The maximum Gasteiger partial charge on any atom is 0.254 e. The Morgan fingerprint density at radius 3 is 2.59 bits per heavy atom. The van der Waals surface area contributed by atoms with Crippen LogP contribution in [0.4, 0.5) is 0 Å². The lowest BCUT2D eigenvalue weighted by Crippen LogP contribution is -2.48. The second-order valence-electron chi connectivity index (χ2n) is 5.98. The van der Waals surface area contributed by atoms with Crippen LogP contribution < -0.4 is 9.47 Å². The van der Waals surface area contributed by atoms with Crippen molar-refractivity contribution in [2.24, 2.45) is 0 Å². The van der Waals surface area contributed by atoms with Crippen LogP contribution in [0.2, 0.25) is 0 Å². The minimum atomic E-state index is 0.0764. The average Bonchev–Trinajstić information content (AvgIpc) is 2.53. The largest absolute Gasteiger partial charge is 0.493 e. The molecule has 0 spiro atoms. The SMILES string of the molecule is COc1ccc(C(=O)N2CCCC[C@@H]2CN(C)C)cc1OC. The first-order valence-corrected chi connectivity index (χ1v) is 7.74. The summed E-state index contributed by atoms with van der Waals surface area (Å²) < 4.78 is 10.5. The number of methoxy groups -OCH3 is 2. The molecule has 1 atom stereocenters. The number of likely N-dealkylation sites (tertiary alicyclic amines) is 1. The number of piperidine rings is 1. The van der Waals surface area contributed by atoms with Crippen molar-refractivity contribution in [3.63, 3.8) is 0 Å². The van der Waals surface area contributed by atoms with Gasteiger partial charge in [0, 0.05) is 24.7 Å². The van der Waals surface area contributed by atoms with Gasteiger partial charge in [0.2, 0.25) is 0 Å². The maximum absolute atomic E-state index is 12.9. The Kier molecular flexibility index (Phi) is 5.66. The molecule has 0 radical (unpaired) electrons. The Morgan fingerprint density at radius 2 is 1.95 bits per heavy atom. The van der Waals surface area contributed by atoms with E-state index in [0.717, 1.165) is 25.9 Å². The highest BCUT2D eigenvalue weighted by Crippen LogP contribution is 2.29. The molecule has 0 unspecified atom stereocenters. The van der Waals surface area contributed by atoms with E-state index in [9.17, 15) is 4.79 Å². The summed E-state index contributed by atoms with van der Waals surface area (Å²) in [5.74, 6) is 1.31. The van der Waals surface area contributed by atoms with E-state index >= 15 is 0 Å². The van der Waals surface area contributed by atoms with Crippen LogP contribution in [0.5, 0.6) is 11.5 Å². The van der Waals surface area contributed by atoms with E-state index in [2.05, 4.69) is 4.90 Å².